The molecule has 0 saturated carbocycles. The van der Waals surface area contributed by atoms with Gasteiger partial charge < -0.3 is 9.84 Å². The number of amides is 1. The average Bonchev–Trinajstić information content (AvgIpc) is 3.23. The molecule has 6 nitrogen and oxygen atoms in total. The Kier molecular flexibility index (Phi) is 6.70. The van der Waals surface area contributed by atoms with Crippen LogP contribution < -0.4 is 5.32 Å². The summed E-state index contributed by atoms with van der Waals surface area (Å²) in [5.74, 6) is 1.43. The molecule has 168 valence electrons. The molecule has 0 bridgehead atoms. The minimum Gasteiger partial charge on any atom is -0.349 e. The Labute approximate surface area is 190 Å². The van der Waals surface area contributed by atoms with Gasteiger partial charge in [-0.25, -0.2) is 0 Å². The summed E-state index contributed by atoms with van der Waals surface area (Å²) in [5, 5.41) is 7.34. The quantitative estimate of drug-likeness (QED) is 0.609. The molecule has 1 amide bonds. The maximum absolute atomic E-state index is 12.8. The first-order valence-electron chi connectivity index (χ1n) is 11.4. The van der Waals surface area contributed by atoms with Gasteiger partial charge in [-0.1, -0.05) is 58.7 Å². The fraction of sp³-hybridized carbons (Fsp3) is 0.423. The highest BCUT2D eigenvalue weighted by molar-refractivity contribution is 5.79. The number of nitrogens with one attached hydrogen (secondary N) is 1. The first kappa shape index (κ1) is 22.2. The fourth-order valence-electron chi connectivity index (χ4n) is 4.40. The lowest BCUT2D eigenvalue weighted by Crippen LogP contribution is -2.41. The highest BCUT2D eigenvalue weighted by Crippen LogP contribution is 2.23. The third-order valence-electron chi connectivity index (χ3n) is 6.35. The van der Waals surface area contributed by atoms with Crippen LogP contribution in [0.4, 0.5) is 0 Å². The van der Waals surface area contributed by atoms with Gasteiger partial charge >= 0.3 is 0 Å². The van der Waals surface area contributed by atoms with Crippen molar-refractivity contribution < 1.29 is 9.32 Å². The van der Waals surface area contributed by atoms with Crippen molar-refractivity contribution in [3.8, 4) is 11.4 Å². The van der Waals surface area contributed by atoms with E-state index in [-0.39, 0.29) is 17.9 Å². The van der Waals surface area contributed by atoms with Gasteiger partial charge in [0.05, 0.1) is 12.6 Å². The van der Waals surface area contributed by atoms with Gasteiger partial charge in [0.2, 0.25) is 17.6 Å². The summed E-state index contributed by atoms with van der Waals surface area (Å²) in [6.45, 7) is 10.6. The number of nitrogens with zero attached hydrogens (tertiary/aromatic N) is 3. The van der Waals surface area contributed by atoms with Crippen molar-refractivity contribution in [1.29, 1.82) is 0 Å². The molecule has 0 spiro atoms. The standard InChI is InChI=1S/C26H32N4O2/c1-17-5-8-21(9-6-17)25-28-24(32-29-25)16-30-13-11-22(12-14-30)26(31)27-20(4)23-10-7-18(2)15-19(23)3/h5-10,15,20,22H,11-14,16H2,1-4H3,(H,27,31). The van der Waals surface area contributed by atoms with E-state index in [4.69, 9.17) is 4.52 Å². The van der Waals surface area contributed by atoms with E-state index in [0.29, 0.717) is 18.3 Å². The van der Waals surface area contributed by atoms with Crippen LogP contribution in [-0.4, -0.2) is 34.0 Å². The Morgan fingerprint density at radius 2 is 1.78 bits per heavy atom. The SMILES string of the molecule is Cc1ccc(-c2noc(CN3CCC(C(=O)NC(C)c4ccc(C)cc4C)CC3)n2)cc1. The zero-order valence-electron chi connectivity index (χ0n) is 19.4. The third kappa shape index (κ3) is 5.25. The number of rotatable bonds is 6. The fourth-order valence-corrected chi connectivity index (χ4v) is 4.40. The van der Waals surface area contributed by atoms with Gasteiger partial charge in [0.25, 0.3) is 0 Å². The first-order valence-corrected chi connectivity index (χ1v) is 11.4. The van der Waals surface area contributed by atoms with Gasteiger partial charge in [-0.3, -0.25) is 9.69 Å². The van der Waals surface area contributed by atoms with E-state index in [0.717, 1.165) is 31.5 Å². The second-order valence-corrected chi connectivity index (χ2v) is 9.02. The average molecular weight is 433 g/mol. The Bertz CT molecular complexity index is 1070. The molecule has 2 heterocycles. The molecule has 4 rings (SSSR count). The molecule has 1 N–H and O–H groups in total. The summed E-state index contributed by atoms with van der Waals surface area (Å²) in [5.41, 5.74) is 5.80. The molecular weight excluding hydrogens is 400 g/mol. The van der Waals surface area contributed by atoms with E-state index < -0.39 is 0 Å². The Balaban J connectivity index is 1.27. The summed E-state index contributed by atoms with van der Waals surface area (Å²) in [6.07, 6.45) is 1.68. The van der Waals surface area contributed by atoms with Crippen LogP contribution in [0.15, 0.2) is 47.0 Å². The van der Waals surface area contributed by atoms with E-state index in [1.807, 2.05) is 24.3 Å². The van der Waals surface area contributed by atoms with Crippen LogP contribution in [0.25, 0.3) is 11.4 Å². The Hall–Kier alpha value is -2.99. The Morgan fingerprint density at radius 1 is 1.09 bits per heavy atom. The van der Waals surface area contributed by atoms with Crippen molar-refractivity contribution in [3.05, 3.63) is 70.6 Å². The summed E-state index contributed by atoms with van der Waals surface area (Å²) in [4.78, 5) is 19.7. The largest absolute Gasteiger partial charge is 0.349 e. The number of aryl methyl sites for hydroxylation is 3. The second-order valence-electron chi connectivity index (χ2n) is 9.02. The molecule has 1 unspecified atom stereocenters. The van der Waals surface area contributed by atoms with Gasteiger partial charge in [-0.15, -0.1) is 0 Å². The molecule has 1 aromatic heterocycles. The molecule has 2 aromatic carbocycles. The van der Waals surface area contributed by atoms with Crippen molar-refractivity contribution in [2.45, 2.75) is 53.1 Å². The van der Waals surface area contributed by atoms with Gasteiger partial charge in [0, 0.05) is 11.5 Å². The van der Waals surface area contributed by atoms with Crippen LogP contribution >= 0.6 is 0 Å². The minimum absolute atomic E-state index is 0.0136. The van der Waals surface area contributed by atoms with Crippen LogP contribution in [0.5, 0.6) is 0 Å². The molecule has 32 heavy (non-hydrogen) atoms. The molecule has 6 heteroatoms. The first-order chi connectivity index (χ1) is 15.4. The van der Waals surface area contributed by atoms with Crippen LogP contribution in [0, 0.1) is 26.7 Å². The molecular formula is C26H32N4O2. The van der Waals surface area contributed by atoms with Gasteiger partial charge in [-0.05, 0) is 64.8 Å². The van der Waals surface area contributed by atoms with E-state index in [1.54, 1.807) is 0 Å². The van der Waals surface area contributed by atoms with E-state index in [1.165, 1.54) is 22.3 Å². The number of hydrogen-bond donors (Lipinski definition) is 1. The van der Waals surface area contributed by atoms with E-state index in [2.05, 4.69) is 66.3 Å². The number of aromatic nitrogens is 2. The zero-order valence-corrected chi connectivity index (χ0v) is 19.4. The number of carbonyl (C=O) groups excluding carboxylic acids is 1. The van der Waals surface area contributed by atoms with Gasteiger partial charge in [0.1, 0.15) is 0 Å². The van der Waals surface area contributed by atoms with Crippen LogP contribution in [0.1, 0.15) is 54.0 Å². The van der Waals surface area contributed by atoms with E-state index in [9.17, 15) is 4.79 Å². The highest BCUT2D eigenvalue weighted by atomic mass is 16.5. The molecule has 1 saturated heterocycles. The molecule has 1 fully saturated rings. The molecule has 1 aliphatic rings. The number of benzene rings is 2. The topological polar surface area (TPSA) is 71.3 Å². The molecule has 0 radical (unpaired) electrons. The minimum atomic E-state index is 0.0136. The number of likely N-dealkylation sites (tertiary alicyclic amines) is 1. The smallest absolute Gasteiger partial charge is 0.241 e. The summed E-state index contributed by atoms with van der Waals surface area (Å²) in [6, 6.07) is 14.5. The van der Waals surface area contributed by atoms with Crippen LogP contribution in [-0.2, 0) is 11.3 Å². The lowest BCUT2D eigenvalue weighted by atomic mass is 9.94. The van der Waals surface area contributed by atoms with E-state index >= 15 is 0 Å². The zero-order chi connectivity index (χ0) is 22.7. The number of hydrogen-bond acceptors (Lipinski definition) is 5. The van der Waals surface area contributed by atoms with Crippen molar-refractivity contribution in [2.24, 2.45) is 5.92 Å². The van der Waals surface area contributed by atoms with Crippen molar-refractivity contribution in [2.75, 3.05) is 13.1 Å². The molecule has 3 aromatic rings. The van der Waals surface area contributed by atoms with Gasteiger partial charge in [-0.2, -0.15) is 4.98 Å². The maximum atomic E-state index is 12.8. The summed E-state index contributed by atoms with van der Waals surface area (Å²) >= 11 is 0. The van der Waals surface area contributed by atoms with Crippen molar-refractivity contribution in [3.63, 3.8) is 0 Å². The molecule has 0 aliphatic carbocycles. The van der Waals surface area contributed by atoms with Crippen molar-refractivity contribution >= 4 is 5.91 Å². The summed E-state index contributed by atoms with van der Waals surface area (Å²) in [7, 11) is 0. The van der Waals surface area contributed by atoms with Crippen molar-refractivity contribution in [1.82, 2.24) is 20.4 Å². The number of carbonyl (C=O) groups is 1. The monoisotopic (exact) mass is 432 g/mol. The predicted molar refractivity (Wildman–Crippen MR) is 125 cm³/mol. The summed E-state index contributed by atoms with van der Waals surface area (Å²) < 4.78 is 5.47. The maximum Gasteiger partial charge on any atom is 0.241 e. The second kappa shape index (κ2) is 9.65. The van der Waals surface area contributed by atoms with Crippen LogP contribution in [0.2, 0.25) is 0 Å². The lowest BCUT2D eigenvalue weighted by Gasteiger charge is -2.31. The predicted octanol–water partition coefficient (Wildman–Crippen LogP) is 4.75. The molecule has 1 atom stereocenters. The van der Waals surface area contributed by atoms with Crippen LogP contribution in [0.3, 0.4) is 0 Å². The normalized spacial score (nSPS) is 16.1. The third-order valence-corrected chi connectivity index (χ3v) is 6.35. The van der Waals surface area contributed by atoms with Gasteiger partial charge in [0.15, 0.2) is 0 Å². The highest BCUT2D eigenvalue weighted by Gasteiger charge is 2.27. The molecule has 1 aliphatic heterocycles. The number of piperidine rings is 1. The Morgan fingerprint density at radius 3 is 2.47 bits per heavy atom. The lowest BCUT2D eigenvalue weighted by molar-refractivity contribution is -0.127.